The van der Waals surface area contributed by atoms with Crippen molar-refractivity contribution >= 4 is 16.6 Å². The number of aliphatic hydroxyl groups excluding tert-OH is 1. The van der Waals surface area contributed by atoms with Gasteiger partial charge in [-0.1, -0.05) is 25.3 Å². The fourth-order valence-corrected chi connectivity index (χ4v) is 3.79. The van der Waals surface area contributed by atoms with Crippen molar-refractivity contribution in [2.45, 2.75) is 44.2 Å². The number of aliphatic hydroxyl groups is 1. The summed E-state index contributed by atoms with van der Waals surface area (Å²) in [6.07, 6.45) is 6.87. The molecule has 1 aliphatic rings. The summed E-state index contributed by atoms with van der Waals surface area (Å²) in [6.45, 7) is 0. The Morgan fingerprint density at radius 2 is 2.08 bits per heavy atom. The van der Waals surface area contributed by atoms with E-state index in [1.165, 1.54) is 19.3 Å². The highest BCUT2D eigenvalue weighted by Crippen LogP contribution is 2.33. The maximum absolute atomic E-state index is 12.4. The molecular weight excluding hydrogens is 304 g/mol. The van der Waals surface area contributed by atoms with Gasteiger partial charge in [0.2, 0.25) is 0 Å². The van der Waals surface area contributed by atoms with Gasteiger partial charge in [0.15, 0.2) is 0 Å². The molecule has 1 atom stereocenters. The molecule has 2 heterocycles. The Morgan fingerprint density at radius 3 is 2.83 bits per heavy atom. The van der Waals surface area contributed by atoms with Gasteiger partial charge < -0.3 is 10.1 Å². The van der Waals surface area contributed by atoms with E-state index in [0.29, 0.717) is 11.4 Å². The van der Waals surface area contributed by atoms with Gasteiger partial charge in [0.25, 0.3) is 5.56 Å². The van der Waals surface area contributed by atoms with E-state index in [9.17, 15) is 9.90 Å². The van der Waals surface area contributed by atoms with E-state index in [0.717, 1.165) is 35.3 Å². The first kappa shape index (κ1) is 15.4. The van der Waals surface area contributed by atoms with Crippen molar-refractivity contribution in [3.05, 3.63) is 46.1 Å². The van der Waals surface area contributed by atoms with E-state index in [2.05, 4.69) is 15.3 Å². The second kappa shape index (κ2) is 6.03. The zero-order chi connectivity index (χ0) is 16.7. The second-order valence-electron chi connectivity index (χ2n) is 6.59. The van der Waals surface area contributed by atoms with E-state index in [1.54, 1.807) is 13.2 Å². The topological polar surface area (TPSA) is 82.4 Å². The predicted molar refractivity (Wildman–Crippen MR) is 93.2 cm³/mol. The van der Waals surface area contributed by atoms with Crippen molar-refractivity contribution in [3.63, 3.8) is 0 Å². The monoisotopic (exact) mass is 326 g/mol. The molecule has 126 valence electrons. The summed E-state index contributed by atoms with van der Waals surface area (Å²) >= 11 is 0. The van der Waals surface area contributed by atoms with Gasteiger partial charge in [-0.05, 0) is 37.6 Å². The Morgan fingerprint density at radius 1 is 1.29 bits per heavy atom. The highest BCUT2D eigenvalue weighted by molar-refractivity contribution is 5.79. The van der Waals surface area contributed by atoms with Crippen LogP contribution in [0.1, 0.15) is 55.6 Å². The summed E-state index contributed by atoms with van der Waals surface area (Å²) in [7, 11) is 1.71. The Hall–Kier alpha value is -2.18. The summed E-state index contributed by atoms with van der Waals surface area (Å²) in [5.41, 5.74) is 2.85. The van der Waals surface area contributed by atoms with Crippen LogP contribution in [-0.2, 0) is 0 Å². The molecule has 0 radical (unpaired) electrons. The summed E-state index contributed by atoms with van der Waals surface area (Å²) in [4.78, 5) is 19.9. The van der Waals surface area contributed by atoms with Crippen LogP contribution in [0.4, 0.5) is 0 Å². The Kier molecular flexibility index (Phi) is 3.86. The molecule has 0 amide bonds. The largest absolute Gasteiger partial charge is 0.374 e. The van der Waals surface area contributed by atoms with Crippen molar-refractivity contribution in [3.8, 4) is 0 Å². The molecule has 1 aliphatic carbocycles. The van der Waals surface area contributed by atoms with Crippen LogP contribution in [0.2, 0.25) is 0 Å². The van der Waals surface area contributed by atoms with Gasteiger partial charge in [-0.25, -0.2) is 4.98 Å². The maximum Gasteiger partial charge on any atom is 0.274 e. The van der Waals surface area contributed by atoms with Crippen LogP contribution >= 0.6 is 0 Å². The minimum Gasteiger partial charge on any atom is -0.374 e. The average molecular weight is 326 g/mol. The Labute approximate surface area is 139 Å². The fourth-order valence-electron chi connectivity index (χ4n) is 3.79. The summed E-state index contributed by atoms with van der Waals surface area (Å²) in [5.74, 6) is 1.36. The zero-order valence-electron chi connectivity index (χ0n) is 13.7. The minimum absolute atomic E-state index is 0.126. The number of imidazole rings is 1. The van der Waals surface area contributed by atoms with Crippen molar-refractivity contribution < 1.29 is 5.11 Å². The highest BCUT2D eigenvalue weighted by atomic mass is 16.3. The molecule has 6 heteroatoms. The standard InChI is InChI=1S/C18H22N4O2/c1-19-17(23)12-7-8-13-14(9-12)22-15(18(24)21-13)10-20-16(22)11-5-3-2-4-6-11/h7-11,17,19,23H,2-6H2,1H3,(H,21,24). The Balaban J connectivity index is 1.99. The maximum atomic E-state index is 12.4. The van der Waals surface area contributed by atoms with Gasteiger partial charge in [-0.2, -0.15) is 0 Å². The summed E-state index contributed by atoms with van der Waals surface area (Å²) in [5, 5.41) is 12.9. The average Bonchev–Trinajstić information content (AvgIpc) is 3.08. The predicted octanol–water partition coefficient (Wildman–Crippen LogP) is 2.43. The van der Waals surface area contributed by atoms with Gasteiger partial charge in [0, 0.05) is 5.92 Å². The van der Waals surface area contributed by atoms with Crippen LogP contribution in [0.15, 0.2) is 29.2 Å². The first-order chi connectivity index (χ1) is 11.7. The van der Waals surface area contributed by atoms with Crippen LogP contribution in [-0.4, -0.2) is 26.5 Å². The molecule has 3 aromatic rings. The van der Waals surface area contributed by atoms with Crippen LogP contribution in [0.3, 0.4) is 0 Å². The van der Waals surface area contributed by atoms with Crippen molar-refractivity contribution in [1.82, 2.24) is 19.7 Å². The van der Waals surface area contributed by atoms with Gasteiger partial charge in [-0.3, -0.25) is 14.5 Å². The molecule has 0 aliphatic heterocycles. The van der Waals surface area contributed by atoms with Crippen molar-refractivity contribution in [2.75, 3.05) is 7.05 Å². The number of fused-ring (bicyclic) bond motifs is 3. The van der Waals surface area contributed by atoms with Gasteiger partial charge in [0.05, 0.1) is 17.2 Å². The number of aromatic amines is 1. The number of rotatable bonds is 3. The van der Waals surface area contributed by atoms with Crippen molar-refractivity contribution in [1.29, 1.82) is 0 Å². The van der Waals surface area contributed by atoms with Crippen LogP contribution < -0.4 is 10.9 Å². The van der Waals surface area contributed by atoms with E-state index >= 15 is 0 Å². The van der Waals surface area contributed by atoms with Gasteiger partial charge in [-0.15, -0.1) is 0 Å². The number of benzene rings is 1. The quantitative estimate of drug-likeness (QED) is 0.646. The van der Waals surface area contributed by atoms with Crippen LogP contribution in [0, 0.1) is 0 Å². The molecule has 1 saturated carbocycles. The SMILES string of the molecule is CNC(O)c1ccc2[nH]c(=O)c3cnc(C4CCCCC4)n3c2c1. The lowest BCUT2D eigenvalue weighted by molar-refractivity contribution is 0.149. The summed E-state index contributed by atoms with van der Waals surface area (Å²) in [6, 6.07) is 5.59. The van der Waals surface area contributed by atoms with E-state index in [-0.39, 0.29) is 5.56 Å². The van der Waals surface area contributed by atoms with Crippen molar-refractivity contribution in [2.24, 2.45) is 0 Å². The third kappa shape index (κ3) is 2.42. The first-order valence-corrected chi connectivity index (χ1v) is 8.57. The number of aromatic nitrogens is 3. The molecule has 0 spiro atoms. The van der Waals surface area contributed by atoms with Gasteiger partial charge >= 0.3 is 0 Å². The third-order valence-electron chi connectivity index (χ3n) is 5.09. The molecule has 1 fully saturated rings. The number of hydrogen-bond acceptors (Lipinski definition) is 4. The second-order valence-corrected chi connectivity index (χ2v) is 6.59. The molecule has 0 saturated heterocycles. The number of nitrogens with one attached hydrogen (secondary N) is 2. The normalized spacial score (nSPS) is 17.6. The fraction of sp³-hybridized carbons (Fsp3) is 0.444. The Bertz CT molecular complexity index is 937. The van der Waals surface area contributed by atoms with E-state index < -0.39 is 6.23 Å². The number of nitrogens with zero attached hydrogens (tertiary/aromatic N) is 2. The van der Waals surface area contributed by atoms with Gasteiger partial charge in [0.1, 0.15) is 17.6 Å². The highest BCUT2D eigenvalue weighted by Gasteiger charge is 2.22. The summed E-state index contributed by atoms with van der Waals surface area (Å²) < 4.78 is 1.98. The molecular formula is C18H22N4O2. The number of hydrogen-bond donors (Lipinski definition) is 3. The van der Waals surface area contributed by atoms with E-state index in [1.807, 2.05) is 22.6 Å². The third-order valence-corrected chi connectivity index (χ3v) is 5.09. The number of H-pyrrole nitrogens is 1. The molecule has 4 rings (SSSR count). The smallest absolute Gasteiger partial charge is 0.274 e. The lowest BCUT2D eigenvalue weighted by atomic mass is 9.88. The molecule has 3 N–H and O–H groups in total. The lowest BCUT2D eigenvalue weighted by Crippen LogP contribution is -2.17. The molecule has 6 nitrogen and oxygen atoms in total. The molecule has 1 aromatic carbocycles. The minimum atomic E-state index is -0.738. The van der Waals surface area contributed by atoms with Crippen LogP contribution in [0.25, 0.3) is 16.6 Å². The van der Waals surface area contributed by atoms with E-state index in [4.69, 9.17) is 0 Å². The molecule has 2 aromatic heterocycles. The lowest BCUT2D eigenvalue weighted by Gasteiger charge is -2.21. The molecule has 24 heavy (non-hydrogen) atoms. The molecule has 1 unspecified atom stereocenters. The van der Waals surface area contributed by atoms with Crippen LogP contribution in [0.5, 0.6) is 0 Å². The zero-order valence-corrected chi connectivity index (χ0v) is 13.7. The first-order valence-electron chi connectivity index (χ1n) is 8.57. The molecule has 0 bridgehead atoms.